The van der Waals surface area contributed by atoms with Crippen LogP contribution in [0.25, 0.3) is 11.2 Å². The fourth-order valence-corrected chi connectivity index (χ4v) is 2.06. The zero-order valence-corrected chi connectivity index (χ0v) is 10.1. The molecular formula is C10H13N5O5. The topological polar surface area (TPSA) is 156 Å². The van der Waals surface area contributed by atoms with E-state index in [2.05, 4.69) is 25.3 Å². The molecule has 0 saturated carbocycles. The standard InChI is InChI=1S/C10H13N5O5/c16-1-3-5(17)6(18)9(20-3)15-10-13-7-4(8(19)14-10)11-2-12-7/h2-3,5-6,9,16-18H,1H2,(H3,11,12,13,14,15,19)/t3-,5-,6+,9?/m1/s1. The van der Waals surface area contributed by atoms with Gasteiger partial charge in [-0.05, 0) is 0 Å². The first-order valence-corrected chi connectivity index (χ1v) is 5.92. The number of ether oxygens (including phenoxy) is 1. The monoisotopic (exact) mass is 283 g/mol. The van der Waals surface area contributed by atoms with Crippen LogP contribution >= 0.6 is 0 Å². The van der Waals surface area contributed by atoms with Crippen molar-refractivity contribution >= 4 is 17.1 Å². The average Bonchev–Trinajstić information content (AvgIpc) is 2.99. The van der Waals surface area contributed by atoms with Crippen LogP contribution in [0.15, 0.2) is 11.1 Å². The van der Waals surface area contributed by atoms with Crippen LogP contribution in [0.4, 0.5) is 5.95 Å². The van der Waals surface area contributed by atoms with Gasteiger partial charge in [-0.1, -0.05) is 0 Å². The molecule has 0 amide bonds. The molecule has 6 N–H and O–H groups in total. The second-order valence-corrected chi connectivity index (χ2v) is 4.42. The van der Waals surface area contributed by atoms with Crippen LogP contribution in [-0.4, -0.2) is 66.4 Å². The normalized spacial score (nSPS) is 29.9. The van der Waals surface area contributed by atoms with Crippen molar-refractivity contribution in [1.82, 2.24) is 19.9 Å². The molecule has 0 bridgehead atoms. The fourth-order valence-electron chi connectivity index (χ4n) is 2.06. The highest BCUT2D eigenvalue weighted by molar-refractivity contribution is 5.69. The zero-order valence-electron chi connectivity index (χ0n) is 10.1. The van der Waals surface area contributed by atoms with Crippen molar-refractivity contribution < 1.29 is 20.1 Å². The Morgan fingerprint density at radius 3 is 2.90 bits per heavy atom. The lowest BCUT2D eigenvalue weighted by Crippen LogP contribution is -2.37. The number of nitrogens with zero attached hydrogens (tertiary/aromatic N) is 2. The van der Waals surface area contributed by atoms with E-state index in [0.717, 1.165) is 0 Å². The maximum atomic E-state index is 11.7. The Bertz CT molecular complexity index is 669. The summed E-state index contributed by atoms with van der Waals surface area (Å²) < 4.78 is 5.22. The van der Waals surface area contributed by atoms with Gasteiger partial charge in [-0.2, -0.15) is 4.98 Å². The number of H-pyrrole nitrogens is 2. The lowest BCUT2D eigenvalue weighted by Gasteiger charge is -2.16. The highest BCUT2D eigenvalue weighted by Gasteiger charge is 2.42. The number of aliphatic hydroxyl groups is 3. The third-order valence-corrected chi connectivity index (χ3v) is 3.12. The van der Waals surface area contributed by atoms with Crippen molar-refractivity contribution in [2.45, 2.75) is 24.5 Å². The Morgan fingerprint density at radius 1 is 1.40 bits per heavy atom. The van der Waals surface area contributed by atoms with E-state index in [-0.39, 0.29) is 17.1 Å². The summed E-state index contributed by atoms with van der Waals surface area (Å²) in [5, 5.41) is 31.0. The Kier molecular flexibility index (Phi) is 3.14. The second-order valence-electron chi connectivity index (χ2n) is 4.42. The van der Waals surface area contributed by atoms with Crippen LogP contribution in [0.2, 0.25) is 0 Å². The van der Waals surface area contributed by atoms with Crippen molar-refractivity contribution in [2.75, 3.05) is 11.9 Å². The molecule has 10 heteroatoms. The van der Waals surface area contributed by atoms with Gasteiger partial charge in [-0.25, -0.2) is 4.98 Å². The van der Waals surface area contributed by atoms with Crippen molar-refractivity contribution in [2.24, 2.45) is 0 Å². The van der Waals surface area contributed by atoms with E-state index in [1.54, 1.807) is 0 Å². The van der Waals surface area contributed by atoms with Crippen LogP contribution < -0.4 is 10.9 Å². The molecular weight excluding hydrogens is 270 g/mol. The van der Waals surface area contributed by atoms with Crippen molar-refractivity contribution in [3.05, 3.63) is 16.7 Å². The van der Waals surface area contributed by atoms with Crippen LogP contribution in [0.1, 0.15) is 0 Å². The molecule has 3 heterocycles. The van der Waals surface area contributed by atoms with Crippen molar-refractivity contribution in [3.63, 3.8) is 0 Å². The average molecular weight is 283 g/mol. The molecule has 1 aliphatic heterocycles. The number of hydrogen-bond donors (Lipinski definition) is 6. The van der Waals surface area contributed by atoms with E-state index in [1.807, 2.05) is 0 Å². The van der Waals surface area contributed by atoms with Crippen molar-refractivity contribution in [3.8, 4) is 0 Å². The summed E-state index contributed by atoms with van der Waals surface area (Å²) in [5.41, 5.74) is 0.0152. The van der Waals surface area contributed by atoms with Crippen LogP contribution in [0, 0.1) is 0 Å². The Hall–Kier alpha value is -2.01. The van der Waals surface area contributed by atoms with Gasteiger partial charge in [0.2, 0.25) is 5.95 Å². The highest BCUT2D eigenvalue weighted by atomic mass is 16.6. The minimum absolute atomic E-state index is 0.0458. The lowest BCUT2D eigenvalue weighted by molar-refractivity contribution is -0.0154. The maximum Gasteiger partial charge on any atom is 0.278 e. The van der Waals surface area contributed by atoms with E-state index < -0.39 is 36.7 Å². The van der Waals surface area contributed by atoms with Gasteiger partial charge in [0, 0.05) is 0 Å². The summed E-state index contributed by atoms with van der Waals surface area (Å²) in [6.45, 7) is -0.432. The maximum absolute atomic E-state index is 11.7. The van der Waals surface area contributed by atoms with Crippen molar-refractivity contribution in [1.29, 1.82) is 0 Å². The number of fused-ring (bicyclic) bond motifs is 1. The van der Waals surface area contributed by atoms with E-state index in [1.165, 1.54) is 6.33 Å². The Balaban J connectivity index is 1.84. The van der Waals surface area contributed by atoms with Crippen LogP contribution in [-0.2, 0) is 4.74 Å². The van der Waals surface area contributed by atoms with E-state index in [0.29, 0.717) is 0 Å². The molecule has 4 atom stereocenters. The summed E-state index contributed by atoms with van der Waals surface area (Å²) in [5.74, 6) is 0.0458. The first kappa shape index (κ1) is 13.0. The molecule has 0 spiro atoms. The van der Waals surface area contributed by atoms with Gasteiger partial charge in [0.15, 0.2) is 17.4 Å². The van der Waals surface area contributed by atoms with Gasteiger partial charge >= 0.3 is 0 Å². The Morgan fingerprint density at radius 2 is 2.20 bits per heavy atom. The van der Waals surface area contributed by atoms with Gasteiger partial charge in [-0.3, -0.25) is 9.78 Å². The molecule has 1 unspecified atom stereocenters. The summed E-state index contributed by atoms with van der Waals surface area (Å²) in [6, 6.07) is 0. The second kappa shape index (κ2) is 4.83. The minimum Gasteiger partial charge on any atom is -0.394 e. The van der Waals surface area contributed by atoms with Gasteiger partial charge in [0.25, 0.3) is 5.56 Å². The van der Waals surface area contributed by atoms with Crippen LogP contribution in [0.3, 0.4) is 0 Å². The van der Waals surface area contributed by atoms with Gasteiger partial charge in [0.05, 0.1) is 12.9 Å². The van der Waals surface area contributed by atoms with E-state index in [9.17, 15) is 15.0 Å². The number of aromatic nitrogens is 4. The minimum atomic E-state index is -1.26. The highest BCUT2D eigenvalue weighted by Crippen LogP contribution is 2.21. The molecule has 0 aliphatic carbocycles. The summed E-state index contributed by atoms with van der Waals surface area (Å²) in [6.07, 6.45) is -3.04. The lowest BCUT2D eigenvalue weighted by atomic mass is 10.1. The SMILES string of the molecule is O=c1[nH]c(NC2O[C@H](CO)[C@@H](O)[C@@H]2O)nc2nc[nH]c12. The first-order chi connectivity index (χ1) is 9.60. The number of imidazole rings is 1. The van der Waals surface area contributed by atoms with Gasteiger partial charge < -0.3 is 30.4 Å². The molecule has 0 radical (unpaired) electrons. The number of rotatable bonds is 3. The quantitative estimate of drug-likeness (QED) is 0.361. The van der Waals surface area contributed by atoms with E-state index in [4.69, 9.17) is 9.84 Å². The first-order valence-electron chi connectivity index (χ1n) is 5.92. The Labute approximate surface area is 111 Å². The molecule has 1 aliphatic rings. The fraction of sp³-hybridized carbons (Fsp3) is 0.500. The molecule has 10 nitrogen and oxygen atoms in total. The molecule has 3 rings (SSSR count). The zero-order chi connectivity index (χ0) is 14.3. The van der Waals surface area contributed by atoms with Gasteiger partial charge in [0.1, 0.15) is 18.3 Å². The summed E-state index contributed by atoms with van der Waals surface area (Å²) in [7, 11) is 0. The summed E-state index contributed by atoms with van der Waals surface area (Å²) in [4.78, 5) is 24.7. The number of nitrogens with one attached hydrogen (secondary N) is 3. The third kappa shape index (κ3) is 2.04. The summed E-state index contributed by atoms with van der Waals surface area (Å²) >= 11 is 0. The molecule has 2 aromatic heterocycles. The number of aliphatic hydroxyl groups excluding tert-OH is 3. The third-order valence-electron chi connectivity index (χ3n) is 3.12. The largest absolute Gasteiger partial charge is 0.394 e. The number of aromatic amines is 2. The predicted octanol–water partition coefficient (Wildman–Crippen LogP) is -2.50. The predicted molar refractivity (Wildman–Crippen MR) is 65.9 cm³/mol. The van der Waals surface area contributed by atoms with E-state index >= 15 is 0 Å². The number of anilines is 1. The smallest absolute Gasteiger partial charge is 0.278 e. The number of hydrogen-bond acceptors (Lipinski definition) is 8. The molecule has 2 aromatic rings. The molecule has 108 valence electrons. The molecule has 0 aromatic carbocycles. The van der Waals surface area contributed by atoms with Crippen LogP contribution in [0.5, 0.6) is 0 Å². The molecule has 20 heavy (non-hydrogen) atoms. The van der Waals surface area contributed by atoms with Gasteiger partial charge in [-0.15, -0.1) is 0 Å². The molecule has 1 fully saturated rings. The molecule has 1 saturated heterocycles.